The summed E-state index contributed by atoms with van der Waals surface area (Å²) in [5.74, 6) is 4.53. The molecule has 4 atom stereocenters. The number of alkyl halides is 9. The highest BCUT2D eigenvalue weighted by molar-refractivity contribution is 6.79. The molecular formula is C10H3Cl9N2O. The van der Waals surface area contributed by atoms with Crippen molar-refractivity contribution in [1.82, 2.24) is 5.43 Å². The average molecular weight is 486 g/mol. The van der Waals surface area contributed by atoms with Gasteiger partial charge in [0, 0.05) is 0 Å². The summed E-state index contributed by atoms with van der Waals surface area (Å²) >= 11 is 59.7. The molecule has 122 valence electrons. The number of hydrogen-bond acceptors (Lipinski definition) is 2. The largest absolute Gasteiger partial charge is 0.294 e. The van der Waals surface area contributed by atoms with Gasteiger partial charge in [0.05, 0.1) is 0 Å². The minimum Gasteiger partial charge on any atom is -0.294 e. The Kier molecular flexibility index (Phi) is 2.29. The Morgan fingerprint density at radius 2 is 0.955 bits per heavy atom. The molecule has 0 saturated heterocycles. The number of amides is 1. The first-order valence-electron chi connectivity index (χ1n) is 5.94. The van der Waals surface area contributed by atoms with Crippen molar-refractivity contribution in [2.45, 2.75) is 38.5 Å². The van der Waals surface area contributed by atoms with Crippen molar-refractivity contribution in [2.75, 3.05) is 0 Å². The Morgan fingerprint density at radius 1 is 0.636 bits per heavy atom. The number of nitrogens with one attached hydrogen (secondary N) is 1. The van der Waals surface area contributed by atoms with Crippen LogP contribution in [-0.4, -0.2) is 44.4 Å². The van der Waals surface area contributed by atoms with Crippen LogP contribution in [0.15, 0.2) is 0 Å². The van der Waals surface area contributed by atoms with E-state index in [4.69, 9.17) is 110 Å². The van der Waals surface area contributed by atoms with Crippen LogP contribution >= 0.6 is 104 Å². The third-order valence-corrected chi connectivity index (χ3v) is 14.9. The van der Waals surface area contributed by atoms with Gasteiger partial charge in [-0.25, -0.2) is 5.84 Å². The van der Waals surface area contributed by atoms with E-state index in [0.29, 0.717) is 0 Å². The lowest BCUT2D eigenvalue weighted by Crippen LogP contribution is -3.26. The fourth-order valence-corrected chi connectivity index (χ4v) is 14.5. The third kappa shape index (κ3) is 0.605. The van der Waals surface area contributed by atoms with Gasteiger partial charge in [0.2, 0.25) is 5.91 Å². The van der Waals surface area contributed by atoms with Gasteiger partial charge in [0.15, 0.2) is 4.33 Å². The molecular weight excluding hydrogens is 483 g/mol. The molecule has 0 spiro atoms. The maximum Gasteiger partial charge on any atom is 0.245 e. The predicted octanol–water partition coefficient (Wildman–Crippen LogP) is 3.05. The van der Waals surface area contributed by atoms with Gasteiger partial charge in [-0.1, -0.05) is 23.2 Å². The molecule has 6 aliphatic rings. The van der Waals surface area contributed by atoms with E-state index in [2.05, 4.69) is 0 Å². The first-order valence-corrected chi connectivity index (χ1v) is 9.35. The van der Waals surface area contributed by atoms with E-state index >= 15 is 0 Å². The summed E-state index contributed by atoms with van der Waals surface area (Å²) in [5, 5.41) is 0. The molecule has 6 saturated carbocycles. The van der Waals surface area contributed by atoms with Gasteiger partial charge in [-0.05, 0) is 0 Å². The van der Waals surface area contributed by atoms with Crippen LogP contribution in [0.4, 0.5) is 0 Å². The summed E-state index contributed by atoms with van der Waals surface area (Å²) < 4.78 is -1.91. The van der Waals surface area contributed by atoms with Crippen molar-refractivity contribution < 1.29 is 4.79 Å². The van der Waals surface area contributed by atoms with Crippen LogP contribution in [0.25, 0.3) is 0 Å². The molecule has 6 fully saturated rings. The predicted molar refractivity (Wildman–Crippen MR) is 89.3 cm³/mol. The molecule has 0 aromatic rings. The van der Waals surface area contributed by atoms with Crippen molar-refractivity contribution >= 4 is 110 Å². The maximum absolute atomic E-state index is 12.5. The lowest BCUT2D eigenvalue weighted by molar-refractivity contribution is -0.324. The molecule has 22 heavy (non-hydrogen) atoms. The van der Waals surface area contributed by atoms with Gasteiger partial charge in [-0.2, -0.15) is 0 Å². The summed E-state index contributed by atoms with van der Waals surface area (Å²) in [6.07, 6.45) is 0. The maximum atomic E-state index is 12.5. The second kappa shape index (κ2) is 3.10. The highest BCUT2D eigenvalue weighted by Gasteiger charge is 3.37. The molecule has 0 aromatic carbocycles. The topological polar surface area (TPSA) is 55.1 Å². The molecule has 1 amide bonds. The van der Waals surface area contributed by atoms with Crippen LogP contribution in [0.2, 0.25) is 0 Å². The van der Waals surface area contributed by atoms with Crippen molar-refractivity contribution in [1.29, 1.82) is 0 Å². The number of hydrazine groups is 1. The van der Waals surface area contributed by atoms with Crippen molar-refractivity contribution in [3.8, 4) is 0 Å². The van der Waals surface area contributed by atoms with Crippen LogP contribution < -0.4 is 11.3 Å². The van der Waals surface area contributed by atoms with Crippen LogP contribution in [0.3, 0.4) is 0 Å². The van der Waals surface area contributed by atoms with Crippen LogP contribution in [0.1, 0.15) is 0 Å². The van der Waals surface area contributed by atoms with E-state index in [1.54, 1.807) is 0 Å². The fraction of sp³-hybridized carbons (Fsp3) is 0.900. The summed E-state index contributed by atoms with van der Waals surface area (Å²) in [7, 11) is 0. The summed E-state index contributed by atoms with van der Waals surface area (Å²) in [6, 6.07) is 0. The fourth-order valence-electron chi connectivity index (χ4n) is 6.30. The van der Waals surface area contributed by atoms with Gasteiger partial charge in [0.1, 0.15) is 39.5 Å². The molecule has 0 aliphatic heterocycles. The SMILES string of the molecule is NNC(=O)C12C3(Cl)[C@@]4(Cl)C5(Cl)C(Cl)(Cl)C(Cl)([C@@]14Cl)[C@]2(Cl)[C@]53Cl. The smallest absolute Gasteiger partial charge is 0.245 e. The Hall–Kier alpha value is 2.04. The third-order valence-electron chi connectivity index (χ3n) is 6.68. The summed E-state index contributed by atoms with van der Waals surface area (Å²) in [5.41, 5.74) is 0.362. The molecule has 0 heterocycles. The summed E-state index contributed by atoms with van der Waals surface area (Å²) in [4.78, 5) is 0.778. The standard InChI is InChI=1S/C10H3Cl9N2O/c11-3-2(1(22)21-20)4(12)6(3,14)9(17)7(3,15)5(2,13)8(4,16)10(9,18)19/h20H2,(H,21,22)/t2?,3?,4-,5-,6+,7+,8?,9?/m1/s1. The van der Waals surface area contributed by atoms with Gasteiger partial charge < -0.3 is 0 Å². The highest BCUT2D eigenvalue weighted by Crippen LogP contribution is 3.18. The Bertz CT molecular complexity index is 710. The zero-order valence-corrected chi connectivity index (χ0v) is 16.7. The van der Waals surface area contributed by atoms with Gasteiger partial charge in [-0.15, -0.1) is 81.2 Å². The van der Waals surface area contributed by atoms with Gasteiger partial charge in [-0.3, -0.25) is 10.2 Å². The molecule has 3 nitrogen and oxygen atoms in total. The molecule has 2 bridgehead atoms. The molecule has 0 radical (unpaired) electrons. The van der Waals surface area contributed by atoms with E-state index in [1.807, 2.05) is 5.43 Å². The average Bonchev–Trinajstić information content (AvgIpc) is 2.53. The number of hydrogen-bond donors (Lipinski definition) is 2. The van der Waals surface area contributed by atoms with Crippen molar-refractivity contribution in [3.63, 3.8) is 0 Å². The first kappa shape index (κ1) is 16.2. The molecule has 3 N–H and O–H groups in total. The van der Waals surface area contributed by atoms with Gasteiger partial charge in [0.25, 0.3) is 0 Å². The lowest BCUT2D eigenvalue weighted by Gasteiger charge is -3.04. The Balaban J connectivity index is 1.96. The quantitative estimate of drug-likeness (QED) is 0.259. The number of carbonyl (C=O) groups excluding carboxylic acids is 1. The molecule has 6 rings (SSSR count). The lowest BCUT2D eigenvalue weighted by atomic mass is 9.10. The second-order valence-electron chi connectivity index (χ2n) is 6.41. The van der Waals surface area contributed by atoms with Crippen molar-refractivity contribution in [2.24, 2.45) is 11.3 Å². The van der Waals surface area contributed by atoms with E-state index in [9.17, 15) is 4.79 Å². The van der Waals surface area contributed by atoms with Crippen LogP contribution in [0, 0.1) is 5.41 Å². The zero-order chi connectivity index (χ0) is 16.8. The minimum absolute atomic E-state index is 0.735. The number of nitrogens with two attached hydrogens (primary N) is 1. The van der Waals surface area contributed by atoms with E-state index < -0.39 is 49.8 Å². The van der Waals surface area contributed by atoms with Gasteiger partial charge >= 0.3 is 0 Å². The molecule has 6 aliphatic carbocycles. The molecule has 12 heteroatoms. The highest BCUT2D eigenvalue weighted by atomic mass is 35.5. The molecule has 0 unspecified atom stereocenters. The summed E-state index contributed by atoms with van der Waals surface area (Å²) in [6.45, 7) is 0. The molecule has 0 aromatic heterocycles. The number of halogens is 9. The van der Waals surface area contributed by atoms with E-state index in [-0.39, 0.29) is 0 Å². The van der Waals surface area contributed by atoms with E-state index in [0.717, 1.165) is 0 Å². The Labute approximate surface area is 169 Å². The normalized spacial score (nSPS) is 76.8. The van der Waals surface area contributed by atoms with Crippen LogP contribution in [-0.2, 0) is 4.79 Å². The number of carbonyl (C=O) groups is 1. The zero-order valence-electron chi connectivity index (χ0n) is 9.89. The second-order valence-corrected chi connectivity index (χ2v) is 11.7. The van der Waals surface area contributed by atoms with E-state index in [1.165, 1.54) is 0 Å². The first-order chi connectivity index (χ1) is 9.73. The Morgan fingerprint density at radius 3 is 1.32 bits per heavy atom. The van der Waals surface area contributed by atoms with Crippen molar-refractivity contribution in [3.05, 3.63) is 0 Å². The monoisotopic (exact) mass is 482 g/mol. The van der Waals surface area contributed by atoms with Crippen LogP contribution in [0.5, 0.6) is 0 Å². The number of rotatable bonds is 1. The minimum atomic E-state index is -1.91.